The van der Waals surface area contributed by atoms with E-state index in [2.05, 4.69) is 35.5 Å². The maximum Gasteiger partial charge on any atom is 0.236 e. The first-order chi connectivity index (χ1) is 15.9. The SMILES string of the molecule is CS(=O)(=O)NC1CCCN(C(=O)CN2CCN(c3cc[nH]c4cnc5nccc5c34)CC2)C1. The number of piperidine rings is 1. The molecule has 2 saturated heterocycles. The Bertz CT molecular complexity index is 1270. The second-order valence-electron chi connectivity index (χ2n) is 8.92. The molecule has 0 saturated carbocycles. The molecule has 2 N–H and O–H groups in total. The monoisotopic (exact) mass is 471 g/mol. The van der Waals surface area contributed by atoms with Crippen LogP contribution in [0.1, 0.15) is 12.8 Å². The largest absolute Gasteiger partial charge is 0.368 e. The minimum Gasteiger partial charge on any atom is -0.368 e. The van der Waals surface area contributed by atoms with E-state index < -0.39 is 10.0 Å². The summed E-state index contributed by atoms with van der Waals surface area (Å²) in [5, 5.41) is 2.17. The van der Waals surface area contributed by atoms with Gasteiger partial charge in [0.25, 0.3) is 0 Å². The molecule has 176 valence electrons. The molecule has 1 atom stereocenters. The van der Waals surface area contributed by atoms with Crippen LogP contribution < -0.4 is 9.62 Å². The summed E-state index contributed by atoms with van der Waals surface area (Å²) >= 11 is 0. The third-order valence-electron chi connectivity index (χ3n) is 6.50. The number of aromatic nitrogens is 3. The van der Waals surface area contributed by atoms with Gasteiger partial charge in [-0.3, -0.25) is 9.69 Å². The Morgan fingerprint density at radius 1 is 1.18 bits per heavy atom. The summed E-state index contributed by atoms with van der Waals surface area (Å²) in [5.41, 5.74) is 2.88. The molecule has 1 amide bonds. The number of rotatable bonds is 5. The van der Waals surface area contributed by atoms with Gasteiger partial charge in [0.15, 0.2) is 5.65 Å². The van der Waals surface area contributed by atoms with Gasteiger partial charge in [-0.1, -0.05) is 0 Å². The number of fused-ring (bicyclic) bond motifs is 3. The highest BCUT2D eigenvalue weighted by atomic mass is 32.2. The fourth-order valence-corrected chi connectivity index (χ4v) is 5.74. The van der Waals surface area contributed by atoms with Crippen LogP contribution >= 0.6 is 0 Å². The van der Waals surface area contributed by atoms with Gasteiger partial charge in [0.05, 0.1) is 24.5 Å². The van der Waals surface area contributed by atoms with Gasteiger partial charge in [-0.2, -0.15) is 0 Å². The summed E-state index contributed by atoms with van der Waals surface area (Å²) < 4.78 is 25.7. The van der Waals surface area contributed by atoms with Gasteiger partial charge < -0.3 is 14.8 Å². The molecule has 5 heterocycles. The van der Waals surface area contributed by atoms with E-state index in [1.54, 1.807) is 11.1 Å². The quantitative estimate of drug-likeness (QED) is 0.565. The van der Waals surface area contributed by atoms with Crippen molar-refractivity contribution in [3.8, 4) is 0 Å². The first-order valence-electron chi connectivity index (χ1n) is 11.3. The predicted molar refractivity (Wildman–Crippen MR) is 128 cm³/mol. The molecule has 0 bridgehead atoms. The van der Waals surface area contributed by atoms with Gasteiger partial charge >= 0.3 is 0 Å². The molecule has 3 aromatic rings. The van der Waals surface area contributed by atoms with E-state index in [9.17, 15) is 13.2 Å². The molecule has 11 heteroatoms. The van der Waals surface area contributed by atoms with Gasteiger partial charge in [0.1, 0.15) is 0 Å². The number of sulfonamides is 1. The van der Waals surface area contributed by atoms with Crippen LogP contribution in [0.25, 0.3) is 21.9 Å². The lowest BCUT2D eigenvalue weighted by Crippen LogP contribution is -2.54. The molecule has 3 aromatic heterocycles. The number of nitrogens with zero attached hydrogens (tertiary/aromatic N) is 5. The lowest BCUT2D eigenvalue weighted by atomic mass is 10.1. The highest BCUT2D eigenvalue weighted by Crippen LogP contribution is 2.31. The summed E-state index contributed by atoms with van der Waals surface area (Å²) in [6.45, 7) is 4.71. The molecular weight excluding hydrogens is 442 g/mol. The smallest absolute Gasteiger partial charge is 0.236 e. The minimum absolute atomic E-state index is 0.0684. The standard InChI is InChI=1S/C22H29N7O3S/c1-33(31,32)26-16-3-2-8-29(14-16)20(30)15-27-9-11-28(12-10-27)19-5-7-23-18-13-25-22-17(21(18)19)4-6-24-22/h4-7,13,16,23,26H,2-3,8-12,14-15H2,1H3. The van der Waals surface area contributed by atoms with E-state index in [1.165, 1.54) is 0 Å². The number of carbonyl (C=O) groups is 1. The lowest BCUT2D eigenvalue weighted by Gasteiger charge is -2.38. The number of amides is 1. The van der Waals surface area contributed by atoms with E-state index in [0.29, 0.717) is 19.6 Å². The van der Waals surface area contributed by atoms with Crippen LogP contribution in [-0.2, 0) is 14.8 Å². The fraction of sp³-hybridized carbons (Fsp3) is 0.500. The van der Waals surface area contributed by atoms with Gasteiger partial charge in [-0.05, 0) is 25.0 Å². The van der Waals surface area contributed by atoms with Crippen molar-refractivity contribution in [1.82, 2.24) is 29.5 Å². The van der Waals surface area contributed by atoms with Crippen LogP contribution in [0.4, 0.5) is 5.69 Å². The Morgan fingerprint density at radius 3 is 2.79 bits per heavy atom. The third kappa shape index (κ3) is 4.80. The molecule has 0 aromatic carbocycles. The normalized spacial score (nSPS) is 20.6. The Hall–Kier alpha value is -2.76. The zero-order chi connectivity index (χ0) is 23.0. The second-order valence-corrected chi connectivity index (χ2v) is 10.7. The van der Waals surface area contributed by atoms with E-state index in [1.807, 2.05) is 18.5 Å². The first-order valence-corrected chi connectivity index (χ1v) is 13.2. The van der Waals surface area contributed by atoms with Crippen molar-refractivity contribution in [2.75, 3.05) is 57.0 Å². The maximum absolute atomic E-state index is 12.9. The molecule has 5 rings (SSSR count). The number of pyridine rings is 2. The van der Waals surface area contributed by atoms with Crippen molar-refractivity contribution in [2.24, 2.45) is 0 Å². The second kappa shape index (κ2) is 8.88. The first kappa shape index (κ1) is 22.1. The van der Waals surface area contributed by atoms with Crippen LogP contribution in [0.15, 0.2) is 30.7 Å². The van der Waals surface area contributed by atoms with Crippen LogP contribution in [0.2, 0.25) is 0 Å². The summed E-state index contributed by atoms with van der Waals surface area (Å²) in [7, 11) is -3.27. The van der Waals surface area contributed by atoms with Crippen molar-refractivity contribution in [3.05, 3.63) is 30.7 Å². The van der Waals surface area contributed by atoms with Crippen molar-refractivity contribution in [3.63, 3.8) is 0 Å². The molecule has 2 fully saturated rings. The molecular formula is C22H29N7O3S. The van der Waals surface area contributed by atoms with Crippen LogP contribution in [0.5, 0.6) is 0 Å². The number of carbonyl (C=O) groups excluding carboxylic acids is 1. The highest BCUT2D eigenvalue weighted by molar-refractivity contribution is 7.88. The van der Waals surface area contributed by atoms with E-state index in [0.717, 1.165) is 72.9 Å². The van der Waals surface area contributed by atoms with Crippen molar-refractivity contribution in [2.45, 2.75) is 18.9 Å². The average molecular weight is 472 g/mol. The van der Waals surface area contributed by atoms with Crippen molar-refractivity contribution < 1.29 is 13.2 Å². The summed E-state index contributed by atoms with van der Waals surface area (Å²) in [4.78, 5) is 31.3. The van der Waals surface area contributed by atoms with Crippen LogP contribution in [-0.4, -0.2) is 97.2 Å². The molecule has 1 unspecified atom stereocenters. The van der Waals surface area contributed by atoms with Crippen LogP contribution in [0.3, 0.4) is 0 Å². The molecule has 0 aliphatic carbocycles. The predicted octanol–water partition coefficient (Wildman–Crippen LogP) is 0.773. The zero-order valence-corrected chi connectivity index (χ0v) is 19.5. The summed E-state index contributed by atoms with van der Waals surface area (Å²) in [6, 6.07) is 3.90. The van der Waals surface area contributed by atoms with E-state index in [4.69, 9.17) is 0 Å². The Balaban J connectivity index is 1.22. The van der Waals surface area contributed by atoms with Crippen LogP contribution in [0, 0.1) is 0 Å². The number of hydrogen-bond acceptors (Lipinski definition) is 7. The molecule has 33 heavy (non-hydrogen) atoms. The fourth-order valence-electron chi connectivity index (χ4n) is 4.94. The number of hydrogen-bond donors (Lipinski definition) is 2. The van der Waals surface area contributed by atoms with E-state index >= 15 is 0 Å². The average Bonchev–Trinajstić information content (AvgIpc) is 3.27. The zero-order valence-electron chi connectivity index (χ0n) is 18.7. The number of anilines is 1. The number of aromatic amines is 1. The lowest BCUT2D eigenvalue weighted by molar-refractivity contribution is -0.133. The molecule has 10 nitrogen and oxygen atoms in total. The third-order valence-corrected chi connectivity index (χ3v) is 7.26. The van der Waals surface area contributed by atoms with Gasteiger partial charge in [-0.25, -0.2) is 23.1 Å². The van der Waals surface area contributed by atoms with Crippen molar-refractivity contribution in [1.29, 1.82) is 0 Å². The highest BCUT2D eigenvalue weighted by Gasteiger charge is 2.28. The molecule has 0 radical (unpaired) electrons. The maximum atomic E-state index is 12.9. The molecule has 2 aliphatic rings. The summed E-state index contributed by atoms with van der Waals surface area (Å²) in [6.07, 6.45) is 8.29. The number of likely N-dealkylation sites (tertiary alicyclic amines) is 1. The number of nitrogens with one attached hydrogen (secondary N) is 2. The Kier molecular flexibility index (Phi) is 5.94. The number of H-pyrrole nitrogens is 1. The Morgan fingerprint density at radius 2 is 2.00 bits per heavy atom. The number of piperazine rings is 1. The van der Waals surface area contributed by atoms with Crippen molar-refractivity contribution >= 4 is 43.6 Å². The Labute approximate surface area is 193 Å². The van der Waals surface area contributed by atoms with Gasteiger partial charge in [-0.15, -0.1) is 0 Å². The van der Waals surface area contributed by atoms with Gasteiger partial charge in [0.2, 0.25) is 15.9 Å². The summed E-state index contributed by atoms with van der Waals surface area (Å²) in [5.74, 6) is 0.0684. The topological polar surface area (TPSA) is 115 Å². The van der Waals surface area contributed by atoms with E-state index in [-0.39, 0.29) is 11.9 Å². The minimum atomic E-state index is -3.27. The molecule has 2 aliphatic heterocycles. The van der Waals surface area contributed by atoms with Gasteiger partial charge in [0, 0.05) is 74.2 Å². The molecule has 0 spiro atoms.